The largest absolute Gasteiger partial charge is 0.397 e. The molecule has 1 aliphatic heterocycles. The van der Waals surface area contributed by atoms with Gasteiger partial charge < -0.3 is 35.2 Å². The van der Waals surface area contributed by atoms with E-state index in [9.17, 15) is 38.2 Å². The number of carbonyl (C=O) groups is 1. The molecule has 13 heteroatoms. The molecular formula is C72H139NO11S. The Morgan fingerprint density at radius 2 is 0.753 bits per heavy atom. The van der Waals surface area contributed by atoms with Crippen LogP contribution in [0.4, 0.5) is 0 Å². The summed E-state index contributed by atoms with van der Waals surface area (Å²) in [6.07, 6.45) is 71.2. The zero-order valence-corrected chi connectivity index (χ0v) is 56.3. The number of hydrogen-bond acceptors (Lipinski definition) is 10. The topological polar surface area (TPSA) is 192 Å². The van der Waals surface area contributed by atoms with Crippen LogP contribution in [0, 0.1) is 0 Å². The van der Waals surface area contributed by atoms with Crippen molar-refractivity contribution < 1.29 is 51.8 Å². The van der Waals surface area contributed by atoms with E-state index in [1.807, 2.05) is 6.08 Å². The Kier molecular flexibility index (Phi) is 59.0. The summed E-state index contributed by atoms with van der Waals surface area (Å²) in [4.78, 5) is 13.2. The number of hydrogen-bond donors (Lipinski definition) is 6. The molecule has 7 unspecified atom stereocenters. The smallest absolute Gasteiger partial charge is 0.394 e. The molecule has 1 aliphatic rings. The molecule has 0 aromatic heterocycles. The first-order valence-electron chi connectivity index (χ1n) is 36.7. The molecule has 0 saturated carbocycles. The fourth-order valence-corrected chi connectivity index (χ4v) is 12.6. The van der Waals surface area contributed by atoms with Crippen LogP contribution in [0.15, 0.2) is 24.3 Å². The lowest BCUT2D eigenvalue weighted by Crippen LogP contribution is -2.61. The van der Waals surface area contributed by atoms with Crippen molar-refractivity contribution >= 4 is 16.3 Å². The number of aliphatic hydroxyl groups excluding tert-OH is 4. The Labute approximate surface area is 524 Å². The number of aliphatic hydroxyl groups is 4. The number of unbranched alkanes of at least 4 members (excludes halogenated alkanes) is 52. The number of ether oxygens (including phenoxy) is 2. The molecule has 0 spiro atoms. The molecule has 7 atom stereocenters. The molecule has 0 aromatic rings. The van der Waals surface area contributed by atoms with Crippen molar-refractivity contribution in [1.29, 1.82) is 0 Å². The first-order chi connectivity index (χ1) is 41.5. The van der Waals surface area contributed by atoms with Crippen LogP contribution in [0.25, 0.3) is 0 Å². The van der Waals surface area contributed by atoms with E-state index < -0.39 is 59.9 Å². The van der Waals surface area contributed by atoms with E-state index in [1.165, 1.54) is 308 Å². The van der Waals surface area contributed by atoms with Crippen LogP contribution in [0.3, 0.4) is 0 Å². The highest BCUT2D eigenvalue weighted by Gasteiger charge is 2.48. The highest BCUT2D eigenvalue weighted by atomic mass is 32.3. The summed E-state index contributed by atoms with van der Waals surface area (Å²) >= 11 is 0. The molecule has 85 heavy (non-hydrogen) atoms. The van der Waals surface area contributed by atoms with Gasteiger partial charge in [0.05, 0.1) is 25.4 Å². The van der Waals surface area contributed by atoms with Crippen molar-refractivity contribution in [2.75, 3.05) is 13.2 Å². The molecule has 1 amide bonds. The number of nitrogens with one attached hydrogen (secondary N) is 1. The molecule has 1 fully saturated rings. The second kappa shape index (κ2) is 61.4. The first-order valence-corrected chi connectivity index (χ1v) is 38.1. The summed E-state index contributed by atoms with van der Waals surface area (Å²) in [6, 6.07) is -0.944. The lowest BCUT2D eigenvalue weighted by Gasteiger charge is -2.41. The minimum absolute atomic E-state index is 0.254. The number of allylic oxidation sites excluding steroid dienone is 3. The molecule has 6 N–H and O–H groups in total. The Morgan fingerprint density at radius 3 is 1.06 bits per heavy atom. The van der Waals surface area contributed by atoms with Crippen LogP contribution in [0.2, 0.25) is 0 Å². The van der Waals surface area contributed by atoms with Crippen molar-refractivity contribution in [3.63, 3.8) is 0 Å². The standard InChI is InChI=1S/C72H139NO11S/c1-3-5-7-9-11-13-15-17-19-21-23-25-27-29-30-31-32-33-34-35-36-38-40-42-44-46-48-50-52-54-56-58-60-62-68(76)73-65(64-82-72-70(78)71(84-85(79,80)81)69(77)67(63-74)83-72)66(75)61-59-57-55-53-51-49-47-45-43-41-39-37-28-26-24-22-20-18-16-14-12-10-8-6-4-2/h29-30,59,61,65-67,69-72,74-75,77-78H,3-28,31-58,60,62-64H2,1-2H3,(H,73,76)(H,79,80,81)/b30-29-,61-59+. The van der Waals surface area contributed by atoms with E-state index in [-0.39, 0.29) is 18.9 Å². The van der Waals surface area contributed by atoms with E-state index in [1.54, 1.807) is 6.08 Å². The monoisotopic (exact) mass is 1230 g/mol. The fraction of sp³-hybridized carbons (Fsp3) is 0.931. The maximum atomic E-state index is 13.2. The molecular weight excluding hydrogens is 1090 g/mol. The summed E-state index contributed by atoms with van der Waals surface area (Å²) in [7, 11) is -5.09. The Hall–Kier alpha value is -1.42. The third-order valence-corrected chi connectivity index (χ3v) is 18.2. The zero-order chi connectivity index (χ0) is 61.8. The highest BCUT2D eigenvalue weighted by Crippen LogP contribution is 2.27. The van der Waals surface area contributed by atoms with Crippen LogP contribution >= 0.6 is 0 Å². The zero-order valence-electron chi connectivity index (χ0n) is 55.5. The van der Waals surface area contributed by atoms with Crippen LogP contribution < -0.4 is 5.32 Å². The normalized spacial score (nSPS) is 18.3. The predicted molar refractivity (Wildman–Crippen MR) is 356 cm³/mol. The van der Waals surface area contributed by atoms with Gasteiger partial charge in [-0.15, -0.1) is 0 Å². The van der Waals surface area contributed by atoms with E-state index in [0.717, 1.165) is 38.5 Å². The minimum Gasteiger partial charge on any atom is -0.394 e. The second-order valence-electron chi connectivity index (χ2n) is 25.9. The maximum absolute atomic E-state index is 13.2. The second-order valence-corrected chi connectivity index (χ2v) is 26.9. The molecule has 1 rings (SSSR count). The average Bonchev–Trinajstić information content (AvgIpc) is 3.61. The van der Waals surface area contributed by atoms with Gasteiger partial charge in [0.1, 0.15) is 24.4 Å². The Morgan fingerprint density at radius 1 is 0.459 bits per heavy atom. The van der Waals surface area contributed by atoms with Gasteiger partial charge >= 0.3 is 10.4 Å². The predicted octanol–water partition coefficient (Wildman–Crippen LogP) is 19.5. The number of rotatable bonds is 66. The van der Waals surface area contributed by atoms with Crippen molar-refractivity contribution in [2.24, 2.45) is 0 Å². The van der Waals surface area contributed by atoms with Gasteiger partial charge in [0, 0.05) is 6.42 Å². The van der Waals surface area contributed by atoms with Gasteiger partial charge in [0.25, 0.3) is 0 Å². The molecule has 1 heterocycles. The van der Waals surface area contributed by atoms with Gasteiger partial charge in [-0.3, -0.25) is 9.35 Å². The quantitative estimate of drug-likeness (QED) is 0.0193. The van der Waals surface area contributed by atoms with Crippen molar-refractivity contribution in [3.8, 4) is 0 Å². The molecule has 0 aromatic carbocycles. The van der Waals surface area contributed by atoms with Gasteiger partial charge in [0.2, 0.25) is 5.91 Å². The van der Waals surface area contributed by atoms with E-state index in [4.69, 9.17) is 9.47 Å². The number of amides is 1. The molecule has 0 bridgehead atoms. The van der Waals surface area contributed by atoms with E-state index >= 15 is 0 Å². The average molecular weight is 1230 g/mol. The summed E-state index contributed by atoms with van der Waals surface area (Å²) in [5.74, 6) is -0.254. The summed E-state index contributed by atoms with van der Waals surface area (Å²) < 4.78 is 48.1. The van der Waals surface area contributed by atoms with E-state index in [0.29, 0.717) is 6.42 Å². The van der Waals surface area contributed by atoms with Gasteiger partial charge in [-0.2, -0.15) is 8.42 Å². The van der Waals surface area contributed by atoms with Crippen LogP contribution in [0.1, 0.15) is 373 Å². The molecule has 0 radical (unpaired) electrons. The van der Waals surface area contributed by atoms with Crippen LogP contribution in [0.5, 0.6) is 0 Å². The van der Waals surface area contributed by atoms with Gasteiger partial charge in [-0.05, 0) is 44.9 Å². The Balaban J connectivity index is 2.22. The Bertz CT molecular complexity index is 1580. The van der Waals surface area contributed by atoms with Crippen LogP contribution in [-0.4, -0.2) is 95.4 Å². The number of carbonyl (C=O) groups excluding carboxylic acids is 1. The molecule has 504 valence electrons. The molecule has 0 aliphatic carbocycles. The lowest BCUT2D eigenvalue weighted by molar-refractivity contribution is -0.298. The molecule has 1 saturated heterocycles. The lowest BCUT2D eigenvalue weighted by atomic mass is 9.99. The summed E-state index contributed by atoms with van der Waals surface area (Å²) in [5.41, 5.74) is 0. The van der Waals surface area contributed by atoms with Gasteiger partial charge in [-0.1, -0.05) is 346 Å². The van der Waals surface area contributed by atoms with Gasteiger partial charge in [0.15, 0.2) is 6.29 Å². The van der Waals surface area contributed by atoms with Crippen molar-refractivity contribution in [2.45, 2.75) is 416 Å². The third kappa shape index (κ3) is 53.0. The van der Waals surface area contributed by atoms with Crippen molar-refractivity contribution in [1.82, 2.24) is 5.32 Å². The summed E-state index contributed by atoms with van der Waals surface area (Å²) in [6.45, 7) is 3.47. The maximum Gasteiger partial charge on any atom is 0.397 e. The minimum atomic E-state index is -5.09. The van der Waals surface area contributed by atoms with Gasteiger partial charge in [-0.25, -0.2) is 4.18 Å². The first kappa shape index (κ1) is 81.6. The summed E-state index contributed by atoms with van der Waals surface area (Å²) in [5, 5.41) is 45.2. The van der Waals surface area contributed by atoms with Crippen LogP contribution in [-0.2, 0) is 28.9 Å². The van der Waals surface area contributed by atoms with E-state index in [2.05, 4.69) is 35.5 Å². The molecule has 12 nitrogen and oxygen atoms in total. The van der Waals surface area contributed by atoms with Crippen molar-refractivity contribution in [3.05, 3.63) is 24.3 Å². The SMILES string of the molecule is CCCCCCCCCCCCCC/C=C\CCCCCCCCCCCCCCCCCCCC(=O)NC(COC1OC(CO)C(O)C(OS(=O)(=O)O)C1O)C(O)/C=C/CCCCCCCCCCCCCCCCCCCCCCCCC. The fourth-order valence-electron chi connectivity index (χ4n) is 12.1. The third-order valence-electron chi connectivity index (χ3n) is 17.7. The highest BCUT2D eigenvalue weighted by molar-refractivity contribution is 7.80.